The number of piperidine rings is 2. The summed E-state index contributed by atoms with van der Waals surface area (Å²) in [6, 6.07) is 0.0967. The first-order valence-corrected chi connectivity index (χ1v) is 12.1. The second-order valence-corrected chi connectivity index (χ2v) is 10.8. The molecule has 5 nitrogen and oxygen atoms in total. The molecule has 0 aromatic rings. The smallest absolute Gasteiger partial charge is 0.314 e. The summed E-state index contributed by atoms with van der Waals surface area (Å²) in [7, 11) is 0. The van der Waals surface area contributed by atoms with Gasteiger partial charge >= 0.3 is 6.03 Å². The van der Waals surface area contributed by atoms with Gasteiger partial charge in [-0.05, 0) is 94.4 Å². The predicted octanol–water partition coefficient (Wildman–Crippen LogP) is 3.97. The zero-order chi connectivity index (χ0) is 20.8. The highest BCUT2D eigenvalue weighted by Gasteiger charge is 2.60. The van der Waals surface area contributed by atoms with Gasteiger partial charge in [0.25, 0.3) is 0 Å². The Morgan fingerprint density at radius 3 is 2.66 bits per heavy atom. The van der Waals surface area contributed by atoms with Crippen LogP contribution in [0, 0.1) is 29.1 Å². The molecule has 4 fully saturated rings. The maximum atomic E-state index is 12.3. The number of hydrogen-bond donors (Lipinski definition) is 2. The van der Waals surface area contributed by atoms with E-state index in [9.17, 15) is 9.59 Å². The molecule has 2 amide bonds. The van der Waals surface area contributed by atoms with E-state index in [0.717, 1.165) is 56.7 Å². The lowest BCUT2D eigenvalue weighted by Crippen LogP contribution is -2.67. The lowest BCUT2D eigenvalue weighted by Gasteiger charge is -2.62. The number of carbonyl (C=O) groups excluding carboxylic acids is 2. The summed E-state index contributed by atoms with van der Waals surface area (Å²) in [4.78, 5) is 27.0. The summed E-state index contributed by atoms with van der Waals surface area (Å²) in [5, 5.41) is 6.10. The highest BCUT2D eigenvalue weighted by Crippen LogP contribution is 2.63. The van der Waals surface area contributed by atoms with E-state index in [2.05, 4.69) is 43.2 Å². The predicted molar refractivity (Wildman–Crippen MR) is 116 cm³/mol. The van der Waals surface area contributed by atoms with E-state index in [-0.39, 0.29) is 17.6 Å². The molecule has 2 saturated heterocycles. The van der Waals surface area contributed by atoms with Crippen LogP contribution in [0.4, 0.5) is 4.79 Å². The Bertz CT molecular complexity index is 652. The fraction of sp³-hybridized carbons (Fsp3) is 0.917. The SMILES string of the molecule is CCCNC(=O)NCC1CC[C@H]2[C@@H]3CCN4C(C)C(=O)CC[C@]4(C)[C@@H]3CC[C@]12C. The van der Waals surface area contributed by atoms with Crippen molar-refractivity contribution in [1.29, 1.82) is 0 Å². The maximum Gasteiger partial charge on any atom is 0.314 e. The number of carbonyl (C=O) groups is 2. The van der Waals surface area contributed by atoms with Gasteiger partial charge in [0.2, 0.25) is 0 Å². The van der Waals surface area contributed by atoms with E-state index < -0.39 is 0 Å². The molecule has 2 N–H and O–H groups in total. The summed E-state index contributed by atoms with van der Waals surface area (Å²) < 4.78 is 0. The van der Waals surface area contributed by atoms with Crippen molar-refractivity contribution < 1.29 is 9.59 Å². The van der Waals surface area contributed by atoms with Crippen molar-refractivity contribution in [3.63, 3.8) is 0 Å². The molecule has 0 bridgehead atoms. The molecule has 0 radical (unpaired) electrons. The van der Waals surface area contributed by atoms with Gasteiger partial charge in [0.1, 0.15) is 5.78 Å². The Labute approximate surface area is 176 Å². The van der Waals surface area contributed by atoms with Crippen LogP contribution in [0.5, 0.6) is 0 Å². The highest BCUT2D eigenvalue weighted by atomic mass is 16.2. The minimum Gasteiger partial charge on any atom is -0.338 e. The molecular formula is C24H41N3O2. The number of nitrogens with zero attached hydrogens (tertiary/aromatic N) is 1. The van der Waals surface area contributed by atoms with Crippen LogP contribution in [0.15, 0.2) is 0 Å². The van der Waals surface area contributed by atoms with Gasteiger partial charge in [-0.2, -0.15) is 0 Å². The summed E-state index contributed by atoms with van der Waals surface area (Å²) in [5.74, 6) is 3.32. The topological polar surface area (TPSA) is 61.4 Å². The highest BCUT2D eigenvalue weighted by molar-refractivity contribution is 5.84. The molecule has 4 rings (SSSR count). The first-order chi connectivity index (χ1) is 13.8. The van der Waals surface area contributed by atoms with Gasteiger partial charge in [-0.15, -0.1) is 0 Å². The molecule has 7 atom stereocenters. The average Bonchev–Trinajstić information content (AvgIpc) is 3.04. The summed E-state index contributed by atoms with van der Waals surface area (Å²) in [6.45, 7) is 11.8. The van der Waals surface area contributed by atoms with Crippen molar-refractivity contribution in [2.45, 2.75) is 90.6 Å². The van der Waals surface area contributed by atoms with Crippen molar-refractivity contribution in [3.05, 3.63) is 0 Å². The van der Waals surface area contributed by atoms with Crippen molar-refractivity contribution in [2.75, 3.05) is 19.6 Å². The van der Waals surface area contributed by atoms with Gasteiger partial charge in [0.15, 0.2) is 0 Å². The Hall–Kier alpha value is -1.10. The number of Topliss-reactive ketones (excluding diaryl/α,β-unsaturated/α-hetero) is 1. The van der Waals surface area contributed by atoms with Gasteiger partial charge in [0.05, 0.1) is 6.04 Å². The third kappa shape index (κ3) is 3.41. The molecule has 2 unspecified atom stereocenters. The minimum absolute atomic E-state index is 0.00531. The van der Waals surface area contributed by atoms with E-state index in [0.29, 0.717) is 17.1 Å². The first-order valence-electron chi connectivity index (χ1n) is 12.1. The maximum absolute atomic E-state index is 12.3. The number of ketones is 1. The minimum atomic E-state index is -0.00531. The third-order valence-corrected chi connectivity index (χ3v) is 9.65. The summed E-state index contributed by atoms with van der Waals surface area (Å²) in [5.41, 5.74) is 0.557. The Morgan fingerprint density at radius 1 is 1.10 bits per heavy atom. The van der Waals surface area contributed by atoms with Crippen LogP contribution in [0.3, 0.4) is 0 Å². The largest absolute Gasteiger partial charge is 0.338 e. The third-order valence-electron chi connectivity index (χ3n) is 9.65. The van der Waals surface area contributed by atoms with Gasteiger partial charge in [-0.1, -0.05) is 13.8 Å². The number of rotatable bonds is 4. The first kappa shape index (κ1) is 21.1. The molecular weight excluding hydrogens is 362 g/mol. The van der Waals surface area contributed by atoms with Crippen LogP contribution < -0.4 is 10.6 Å². The van der Waals surface area contributed by atoms with Crippen LogP contribution >= 0.6 is 0 Å². The fourth-order valence-electron chi connectivity index (χ4n) is 7.90. The second-order valence-electron chi connectivity index (χ2n) is 10.8. The number of nitrogens with one attached hydrogen (secondary N) is 2. The van der Waals surface area contributed by atoms with Crippen LogP contribution in [-0.2, 0) is 4.79 Å². The quantitative estimate of drug-likeness (QED) is 0.747. The van der Waals surface area contributed by atoms with Crippen molar-refractivity contribution in [1.82, 2.24) is 15.5 Å². The van der Waals surface area contributed by atoms with E-state index in [1.165, 1.54) is 32.1 Å². The number of hydrogen-bond acceptors (Lipinski definition) is 3. The molecule has 0 aromatic carbocycles. The van der Waals surface area contributed by atoms with E-state index >= 15 is 0 Å². The van der Waals surface area contributed by atoms with Crippen molar-refractivity contribution in [2.24, 2.45) is 29.1 Å². The fourth-order valence-corrected chi connectivity index (χ4v) is 7.90. The lowest BCUT2D eigenvalue weighted by molar-refractivity contribution is -0.153. The molecule has 164 valence electrons. The van der Waals surface area contributed by atoms with E-state index in [4.69, 9.17) is 0 Å². The molecule has 2 aliphatic carbocycles. The Morgan fingerprint density at radius 2 is 1.90 bits per heavy atom. The molecule has 5 heteroatoms. The van der Waals surface area contributed by atoms with E-state index in [1.807, 2.05) is 0 Å². The van der Waals surface area contributed by atoms with E-state index in [1.54, 1.807) is 0 Å². The summed E-state index contributed by atoms with van der Waals surface area (Å²) in [6.07, 6.45) is 9.13. The number of amides is 2. The lowest BCUT2D eigenvalue weighted by atomic mass is 9.51. The number of fused-ring (bicyclic) bond motifs is 5. The van der Waals surface area contributed by atoms with Crippen LogP contribution in [0.1, 0.15) is 79.1 Å². The second kappa shape index (κ2) is 7.86. The van der Waals surface area contributed by atoms with Crippen LogP contribution in [0.2, 0.25) is 0 Å². The molecule has 4 aliphatic rings. The summed E-state index contributed by atoms with van der Waals surface area (Å²) >= 11 is 0. The van der Waals surface area contributed by atoms with Gasteiger partial charge in [-0.25, -0.2) is 4.79 Å². The Kier molecular flexibility index (Phi) is 5.73. The molecule has 2 saturated carbocycles. The van der Waals surface area contributed by atoms with Crippen LogP contribution in [0.25, 0.3) is 0 Å². The van der Waals surface area contributed by atoms with Gasteiger partial charge in [-0.3, -0.25) is 9.69 Å². The molecule has 29 heavy (non-hydrogen) atoms. The zero-order valence-corrected chi connectivity index (χ0v) is 18.9. The van der Waals surface area contributed by atoms with Crippen molar-refractivity contribution in [3.8, 4) is 0 Å². The zero-order valence-electron chi connectivity index (χ0n) is 18.9. The molecule has 0 aromatic heterocycles. The monoisotopic (exact) mass is 403 g/mol. The van der Waals surface area contributed by atoms with Gasteiger partial charge in [0, 0.05) is 25.0 Å². The molecule has 2 heterocycles. The number of urea groups is 1. The van der Waals surface area contributed by atoms with Gasteiger partial charge < -0.3 is 10.6 Å². The van der Waals surface area contributed by atoms with Crippen molar-refractivity contribution >= 4 is 11.8 Å². The normalized spacial score (nSPS) is 44.6. The molecule has 2 aliphatic heterocycles. The van der Waals surface area contributed by atoms with Crippen LogP contribution in [-0.4, -0.2) is 47.9 Å². The standard InChI is InChI=1S/C24H41N3O2/c1-5-13-25-22(29)26-15-17-6-7-19-18-10-14-27-16(2)21(28)9-12-24(27,4)20(18)8-11-23(17,19)3/h16-20H,5-15H2,1-4H3,(H2,25,26,29)/t16?,17?,18-,19-,20+,23+,24+/m0/s1. The Balaban J connectivity index is 1.45. The average molecular weight is 404 g/mol. The molecule has 0 spiro atoms.